The molecule has 2 rings (SSSR count). The average molecular weight is 245 g/mol. The smallest absolute Gasteiger partial charge is 0.131 e. The molecule has 2 N–H and O–H groups in total. The van der Waals surface area contributed by atoms with Crippen molar-refractivity contribution >= 4 is 0 Å². The second kappa shape index (κ2) is 5.65. The van der Waals surface area contributed by atoms with Gasteiger partial charge in [-0.05, 0) is 48.4 Å². The van der Waals surface area contributed by atoms with E-state index in [-0.39, 0.29) is 5.82 Å². The van der Waals surface area contributed by atoms with Crippen molar-refractivity contribution in [2.24, 2.45) is 5.73 Å². The fourth-order valence-electron chi connectivity index (χ4n) is 1.91. The molecule has 0 aromatic heterocycles. The highest BCUT2D eigenvalue weighted by molar-refractivity contribution is 5.66. The van der Waals surface area contributed by atoms with Gasteiger partial charge in [-0.25, -0.2) is 4.39 Å². The zero-order chi connectivity index (χ0) is 13.0. The van der Waals surface area contributed by atoms with Gasteiger partial charge in [-0.3, -0.25) is 0 Å². The molecule has 0 spiro atoms. The highest BCUT2D eigenvalue weighted by Gasteiger charge is 2.07. The summed E-state index contributed by atoms with van der Waals surface area (Å²) in [6.45, 7) is 0.559. The molecule has 0 aliphatic heterocycles. The number of ether oxygens (including phenoxy) is 1. The monoisotopic (exact) mass is 245 g/mol. The van der Waals surface area contributed by atoms with Crippen LogP contribution in [0.2, 0.25) is 0 Å². The van der Waals surface area contributed by atoms with Crippen LogP contribution >= 0.6 is 0 Å². The summed E-state index contributed by atoms with van der Waals surface area (Å²) in [7, 11) is 1.60. The molecule has 0 saturated carbocycles. The van der Waals surface area contributed by atoms with E-state index in [0.29, 0.717) is 12.1 Å². The van der Waals surface area contributed by atoms with Crippen LogP contribution in [0.3, 0.4) is 0 Å². The van der Waals surface area contributed by atoms with E-state index >= 15 is 0 Å². The molecule has 18 heavy (non-hydrogen) atoms. The number of rotatable bonds is 4. The normalized spacial score (nSPS) is 10.4. The summed E-state index contributed by atoms with van der Waals surface area (Å²) in [5.41, 5.74) is 7.95. The Morgan fingerprint density at radius 1 is 1.17 bits per heavy atom. The van der Waals surface area contributed by atoms with Crippen LogP contribution in [0, 0.1) is 5.82 Å². The van der Waals surface area contributed by atoms with Gasteiger partial charge in [0.1, 0.15) is 11.6 Å². The fraction of sp³-hybridized carbons (Fsp3) is 0.200. The molecule has 94 valence electrons. The van der Waals surface area contributed by atoms with E-state index in [2.05, 4.69) is 0 Å². The predicted molar refractivity (Wildman–Crippen MR) is 71.1 cm³/mol. The van der Waals surface area contributed by atoms with Crippen LogP contribution in [-0.2, 0) is 6.42 Å². The molecular weight excluding hydrogens is 229 g/mol. The summed E-state index contributed by atoms with van der Waals surface area (Å²) in [5, 5.41) is 0. The maximum absolute atomic E-state index is 13.9. The van der Waals surface area contributed by atoms with Crippen molar-refractivity contribution in [3.8, 4) is 16.9 Å². The van der Waals surface area contributed by atoms with Gasteiger partial charge in [-0.15, -0.1) is 0 Å². The van der Waals surface area contributed by atoms with Crippen molar-refractivity contribution < 1.29 is 9.13 Å². The number of halogens is 1. The lowest BCUT2D eigenvalue weighted by Gasteiger charge is -2.08. The summed E-state index contributed by atoms with van der Waals surface area (Å²) in [6, 6.07) is 12.5. The molecule has 0 radical (unpaired) electrons. The van der Waals surface area contributed by atoms with Gasteiger partial charge in [-0.1, -0.05) is 18.2 Å². The van der Waals surface area contributed by atoms with Crippen LogP contribution in [0.4, 0.5) is 4.39 Å². The topological polar surface area (TPSA) is 35.2 Å². The Labute approximate surface area is 106 Å². The molecule has 0 heterocycles. The van der Waals surface area contributed by atoms with Crippen LogP contribution in [0.25, 0.3) is 11.1 Å². The van der Waals surface area contributed by atoms with Gasteiger partial charge in [0.15, 0.2) is 0 Å². The lowest BCUT2D eigenvalue weighted by molar-refractivity contribution is 0.415. The molecule has 3 heteroatoms. The summed E-state index contributed by atoms with van der Waals surface area (Å²) in [4.78, 5) is 0. The van der Waals surface area contributed by atoms with Crippen LogP contribution in [0.1, 0.15) is 5.56 Å². The van der Waals surface area contributed by atoms with E-state index in [9.17, 15) is 4.39 Å². The van der Waals surface area contributed by atoms with E-state index in [1.54, 1.807) is 13.2 Å². The lowest BCUT2D eigenvalue weighted by atomic mass is 10.0. The SMILES string of the molecule is COc1cccc(-c2cc(CCN)ccc2F)c1. The maximum atomic E-state index is 13.9. The van der Waals surface area contributed by atoms with Crippen molar-refractivity contribution in [2.75, 3.05) is 13.7 Å². The second-order valence-corrected chi connectivity index (χ2v) is 4.08. The van der Waals surface area contributed by atoms with Crippen molar-refractivity contribution in [2.45, 2.75) is 6.42 Å². The molecule has 0 saturated heterocycles. The molecule has 0 unspecified atom stereocenters. The molecule has 0 aliphatic rings. The maximum Gasteiger partial charge on any atom is 0.131 e. The molecule has 0 amide bonds. The Morgan fingerprint density at radius 3 is 2.72 bits per heavy atom. The van der Waals surface area contributed by atoms with E-state index in [0.717, 1.165) is 23.3 Å². The number of methoxy groups -OCH3 is 1. The van der Waals surface area contributed by atoms with Crippen LogP contribution in [-0.4, -0.2) is 13.7 Å². The van der Waals surface area contributed by atoms with E-state index < -0.39 is 0 Å². The molecule has 0 bridgehead atoms. The molecule has 0 atom stereocenters. The Kier molecular flexibility index (Phi) is 3.95. The molecule has 2 nitrogen and oxygen atoms in total. The molecule has 0 aliphatic carbocycles. The summed E-state index contributed by atoms with van der Waals surface area (Å²) >= 11 is 0. The van der Waals surface area contributed by atoms with Crippen LogP contribution in [0.5, 0.6) is 5.75 Å². The van der Waals surface area contributed by atoms with E-state index in [1.807, 2.05) is 30.3 Å². The number of nitrogens with two attached hydrogens (primary N) is 1. The van der Waals surface area contributed by atoms with E-state index in [4.69, 9.17) is 10.5 Å². The third-order valence-corrected chi connectivity index (χ3v) is 2.84. The van der Waals surface area contributed by atoms with Gasteiger partial charge in [0, 0.05) is 5.56 Å². The van der Waals surface area contributed by atoms with Gasteiger partial charge in [0.05, 0.1) is 7.11 Å². The van der Waals surface area contributed by atoms with Crippen molar-refractivity contribution in [3.05, 3.63) is 53.8 Å². The minimum Gasteiger partial charge on any atom is -0.497 e. The number of hydrogen-bond donors (Lipinski definition) is 1. The average Bonchev–Trinajstić information content (AvgIpc) is 2.41. The first kappa shape index (κ1) is 12.6. The number of benzene rings is 2. The zero-order valence-electron chi connectivity index (χ0n) is 10.3. The minimum absolute atomic E-state index is 0.232. The van der Waals surface area contributed by atoms with Crippen molar-refractivity contribution in [1.82, 2.24) is 0 Å². The molecule has 2 aromatic rings. The molecular formula is C15H16FNO. The first-order valence-electron chi connectivity index (χ1n) is 5.87. The standard InChI is InChI=1S/C15H16FNO/c1-18-13-4-2-3-12(10-13)14-9-11(7-8-17)5-6-15(14)16/h2-6,9-10H,7-8,17H2,1H3. The third kappa shape index (κ3) is 2.68. The Hall–Kier alpha value is -1.87. The summed E-state index contributed by atoms with van der Waals surface area (Å²) in [6.07, 6.45) is 0.747. The fourth-order valence-corrected chi connectivity index (χ4v) is 1.91. The van der Waals surface area contributed by atoms with Gasteiger partial charge in [0.2, 0.25) is 0 Å². The molecule has 0 fully saturated rings. The Morgan fingerprint density at radius 2 is 2.00 bits per heavy atom. The van der Waals surface area contributed by atoms with Gasteiger partial charge in [0.25, 0.3) is 0 Å². The second-order valence-electron chi connectivity index (χ2n) is 4.08. The zero-order valence-corrected chi connectivity index (χ0v) is 10.3. The van der Waals surface area contributed by atoms with Crippen molar-refractivity contribution in [1.29, 1.82) is 0 Å². The highest BCUT2D eigenvalue weighted by Crippen LogP contribution is 2.27. The Balaban J connectivity index is 2.44. The van der Waals surface area contributed by atoms with Crippen LogP contribution < -0.4 is 10.5 Å². The highest BCUT2D eigenvalue weighted by atomic mass is 19.1. The lowest BCUT2D eigenvalue weighted by Crippen LogP contribution is -2.03. The Bertz CT molecular complexity index is 540. The van der Waals surface area contributed by atoms with Gasteiger partial charge in [-0.2, -0.15) is 0 Å². The predicted octanol–water partition coefficient (Wildman–Crippen LogP) is 3.00. The largest absolute Gasteiger partial charge is 0.497 e. The van der Waals surface area contributed by atoms with Crippen molar-refractivity contribution in [3.63, 3.8) is 0 Å². The number of hydrogen-bond acceptors (Lipinski definition) is 2. The van der Waals surface area contributed by atoms with Gasteiger partial charge >= 0.3 is 0 Å². The quantitative estimate of drug-likeness (QED) is 0.898. The molecule has 2 aromatic carbocycles. The minimum atomic E-state index is -0.232. The first-order valence-corrected chi connectivity index (χ1v) is 5.87. The van der Waals surface area contributed by atoms with E-state index in [1.165, 1.54) is 6.07 Å². The van der Waals surface area contributed by atoms with Gasteiger partial charge < -0.3 is 10.5 Å². The van der Waals surface area contributed by atoms with Crippen LogP contribution in [0.15, 0.2) is 42.5 Å². The summed E-state index contributed by atoms with van der Waals surface area (Å²) < 4.78 is 19.0. The first-order chi connectivity index (χ1) is 8.74. The third-order valence-electron chi connectivity index (χ3n) is 2.84. The summed E-state index contributed by atoms with van der Waals surface area (Å²) in [5.74, 6) is 0.486.